The van der Waals surface area contributed by atoms with E-state index in [1.165, 1.54) is 24.9 Å². The van der Waals surface area contributed by atoms with E-state index in [0.29, 0.717) is 17.4 Å². The number of hydrogen-bond acceptors (Lipinski definition) is 6. The topological polar surface area (TPSA) is 80.2 Å². The van der Waals surface area contributed by atoms with Crippen LogP contribution >= 0.6 is 0 Å². The van der Waals surface area contributed by atoms with Crippen molar-refractivity contribution in [3.63, 3.8) is 0 Å². The van der Waals surface area contributed by atoms with Gasteiger partial charge in [0.2, 0.25) is 0 Å². The maximum atomic E-state index is 13.5. The molecule has 1 N–H and O–H groups in total. The molecule has 1 amide bonds. The molecule has 0 saturated carbocycles. The molecular formula is C20H15F4N5O2. The number of nitrogens with one attached hydrogen (secondary N) is 1. The van der Waals surface area contributed by atoms with Gasteiger partial charge in [-0.1, -0.05) is 0 Å². The minimum Gasteiger partial charge on any atom is -0.487 e. The largest absolute Gasteiger partial charge is 0.487 e. The van der Waals surface area contributed by atoms with E-state index in [1.54, 1.807) is 17.0 Å². The van der Waals surface area contributed by atoms with Gasteiger partial charge in [0, 0.05) is 12.3 Å². The molecule has 3 heterocycles. The van der Waals surface area contributed by atoms with E-state index in [4.69, 9.17) is 4.74 Å². The Hall–Kier alpha value is -3.76. The maximum absolute atomic E-state index is 13.5. The summed E-state index contributed by atoms with van der Waals surface area (Å²) in [5.74, 6) is -1.70. The second kappa shape index (κ2) is 8.17. The van der Waals surface area contributed by atoms with Crippen molar-refractivity contribution in [2.45, 2.75) is 12.3 Å². The van der Waals surface area contributed by atoms with Gasteiger partial charge in [0.05, 0.1) is 42.4 Å². The van der Waals surface area contributed by atoms with Gasteiger partial charge < -0.3 is 15.0 Å². The summed E-state index contributed by atoms with van der Waals surface area (Å²) in [6.07, 6.45) is 0.539. The molecule has 160 valence electrons. The molecule has 1 aliphatic heterocycles. The summed E-state index contributed by atoms with van der Waals surface area (Å²) in [6.45, 7) is 0.580. The number of ether oxygens (including phenoxy) is 1. The maximum Gasteiger partial charge on any atom is 0.416 e. The molecule has 3 aromatic rings. The van der Waals surface area contributed by atoms with Gasteiger partial charge in [-0.3, -0.25) is 4.79 Å². The number of halogens is 4. The van der Waals surface area contributed by atoms with Gasteiger partial charge in [0.25, 0.3) is 5.91 Å². The fourth-order valence-corrected chi connectivity index (χ4v) is 3.08. The normalized spacial score (nSPS) is 14.1. The molecule has 11 heteroatoms. The Kier molecular flexibility index (Phi) is 5.40. The first-order chi connectivity index (χ1) is 14.8. The molecule has 4 rings (SSSR count). The summed E-state index contributed by atoms with van der Waals surface area (Å²) in [6, 6.07) is 5.44. The molecule has 1 aliphatic rings. The van der Waals surface area contributed by atoms with Crippen LogP contribution in [0.4, 0.5) is 28.9 Å². The van der Waals surface area contributed by atoms with Gasteiger partial charge in [0.1, 0.15) is 24.0 Å². The number of carbonyl (C=O) groups is 1. The number of aromatic nitrogens is 3. The summed E-state index contributed by atoms with van der Waals surface area (Å²) in [7, 11) is 0. The van der Waals surface area contributed by atoms with Crippen molar-refractivity contribution >= 4 is 17.3 Å². The lowest BCUT2D eigenvalue weighted by molar-refractivity contribution is -0.137. The SMILES string of the molecule is O=C(Nc1cncnc1)c1ncccc1N1CC(Oc2cc(F)cc(C(F)(F)F)c2)C1. The average molecular weight is 433 g/mol. The van der Waals surface area contributed by atoms with Crippen molar-refractivity contribution in [2.75, 3.05) is 23.3 Å². The van der Waals surface area contributed by atoms with Gasteiger partial charge >= 0.3 is 6.18 Å². The molecule has 0 radical (unpaired) electrons. The Labute approximate surface area is 173 Å². The number of nitrogens with zero attached hydrogens (tertiary/aromatic N) is 4. The third-order valence-electron chi connectivity index (χ3n) is 4.51. The number of alkyl halides is 3. The fourth-order valence-electron chi connectivity index (χ4n) is 3.08. The molecular weight excluding hydrogens is 418 g/mol. The van der Waals surface area contributed by atoms with Gasteiger partial charge in [0.15, 0.2) is 5.69 Å². The fraction of sp³-hybridized carbons (Fsp3) is 0.200. The van der Waals surface area contributed by atoms with Crippen LogP contribution in [0.5, 0.6) is 5.75 Å². The van der Waals surface area contributed by atoms with E-state index in [1.807, 2.05) is 0 Å². The Morgan fingerprint density at radius 3 is 2.61 bits per heavy atom. The monoisotopic (exact) mass is 433 g/mol. The van der Waals surface area contributed by atoms with Gasteiger partial charge in [-0.2, -0.15) is 13.2 Å². The number of carbonyl (C=O) groups excluding carboxylic acids is 1. The second-order valence-electron chi connectivity index (χ2n) is 6.77. The summed E-state index contributed by atoms with van der Waals surface area (Å²) < 4.78 is 57.6. The number of rotatable bonds is 5. The van der Waals surface area contributed by atoms with Crippen LogP contribution in [0.1, 0.15) is 16.1 Å². The van der Waals surface area contributed by atoms with Crippen LogP contribution in [0.3, 0.4) is 0 Å². The predicted molar refractivity (Wildman–Crippen MR) is 102 cm³/mol. The molecule has 0 bridgehead atoms. The zero-order valence-corrected chi connectivity index (χ0v) is 15.8. The van der Waals surface area contributed by atoms with Crippen molar-refractivity contribution in [2.24, 2.45) is 0 Å². The van der Waals surface area contributed by atoms with Crippen LogP contribution in [-0.4, -0.2) is 40.1 Å². The number of pyridine rings is 1. The Bertz CT molecular complexity index is 1090. The number of hydrogen-bond donors (Lipinski definition) is 1. The van der Waals surface area contributed by atoms with E-state index >= 15 is 0 Å². The molecule has 1 aromatic carbocycles. The van der Waals surface area contributed by atoms with Gasteiger partial charge in [-0.25, -0.2) is 19.3 Å². The first-order valence-electron chi connectivity index (χ1n) is 9.10. The van der Waals surface area contributed by atoms with Crippen LogP contribution in [0.15, 0.2) is 55.2 Å². The molecule has 1 fully saturated rings. The third kappa shape index (κ3) is 4.71. The highest BCUT2D eigenvalue weighted by Gasteiger charge is 2.34. The molecule has 0 aliphatic carbocycles. The highest BCUT2D eigenvalue weighted by Crippen LogP contribution is 2.33. The lowest BCUT2D eigenvalue weighted by Crippen LogP contribution is -2.54. The predicted octanol–water partition coefficient (Wildman–Crippen LogP) is 3.55. The van der Waals surface area contributed by atoms with Crippen molar-refractivity contribution in [3.05, 3.63) is 72.3 Å². The highest BCUT2D eigenvalue weighted by molar-refractivity contribution is 6.06. The van der Waals surface area contributed by atoms with Crippen LogP contribution in [0, 0.1) is 5.82 Å². The lowest BCUT2D eigenvalue weighted by atomic mass is 10.1. The van der Waals surface area contributed by atoms with E-state index in [9.17, 15) is 22.4 Å². The van der Waals surface area contributed by atoms with Crippen molar-refractivity contribution in [1.82, 2.24) is 15.0 Å². The Morgan fingerprint density at radius 2 is 1.90 bits per heavy atom. The van der Waals surface area contributed by atoms with Gasteiger partial charge in [-0.15, -0.1) is 0 Å². The summed E-state index contributed by atoms with van der Waals surface area (Å²) in [5.41, 5.74) is -0.0166. The zero-order chi connectivity index (χ0) is 22.0. The van der Waals surface area contributed by atoms with Gasteiger partial charge in [-0.05, 0) is 24.3 Å². The van der Waals surface area contributed by atoms with E-state index < -0.39 is 29.6 Å². The highest BCUT2D eigenvalue weighted by atomic mass is 19.4. The van der Waals surface area contributed by atoms with E-state index in [-0.39, 0.29) is 24.5 Å². The quantitative estimate of drug-likeness (QED) is 0.620. The van der Waals surface area contributed by atoms with Crippen molar-refractivity contribution in [3.8, 4) is 5.75 Å². The minimum atomic E-state index is -4.67. The molecule has 2 aromatic heterocycles. The summed E-state index contributed by atoms with van der Waals surface area (Å²) in [5, 5.41) is 2.65. The van der Waals surface area contributed by atoms with Crippen molar-refractivity contribution in [1.29, 1.82) is 0 Å². The smallest absolute Gasteiger partial charge is 0.416 e. The average Bonchev–Trinajstić information content (AvgIpc) is 2.70. The van der Waals surface area contributed by atoms with Crippen LogP contribution in [0.25, 0.3) is 0 Å². The molecule has 31 heavy (non-hydrogen) atoms. The first kappa shape index (κ1) is 20.5. The van der Waals surface area contributed by atoms with Crippen LogP contribution in [-0.2, 0) is 6.18 Å². The molecule has 0 unspecified atom stereocenters. The number of amides is 1. The minimum absolute atomic E-state index is 0.162. The molecule has 0 atom stereocenters. The Morgan fingerprint density at radius 1 is 1.16 bits per heavy atom. The standard InChI is InChI=1S/C20H15F4N5O2/c21-13-4-12(20(22,23)24)5-15(6-13)31-16-9-29(10-16)17-2-1-3-27-18(17)19(30)28-14-7-25-11-26-8-14/h1-8,11,16H,9-10H2,(H,28,30). The van der Waals surface area contributed by atoms with Crippen LogP contribution in [0.2, 0.25) is 0 Å². The molecule has 1 saturated heterocycles. The molecule has 7 nitrogen and oxygen atoms in total. The lowest BCUT2D eigenvalue weighted by Gasteiger charge is -2.41. The van der Waals surface area contributed by atoms with Crippen molar-refractivity contribution < 1.29 is 27.1 Å². The van der Waals surface area contributed by atoms with Crippen LogP contribution < -0.4 is 15.0 Å². The molecule has 0 spiro atoms. The number of anilines is 2. The third-order valence-corrected chi connectivity index (χ3v) is 4.51. The summed E-state index contributed by atoms with van der Waals surface area (Å²) >= 11 is 0. The Balaban J connectivity index is 1.43. The van der Waals surface area contributed by atoms with E-state index in [2.05, 4.69) is 20.3 Å². The zero-order valence-electron chi connectivity index (χ0n) is 15.8. The first-order valence-corrected chi connectivity index (χ1v) is 9.10. The second-order valence-corrected chi connectivity index (χ2v) is 6.77. The van der Waals surface area contributed by atoms with E-state index in [0.717, 1.165) is 12.1 Å². The summed E-state index contributed by atoms with van der Waals surface area (Å²) in [4.78, 5) is 26.1. The number of benzene rings is 1.